The van der Waals surface area contributed by atoms with E-state index in [4.69, 9.17) is 0 Å². The number of rotatable bonds is 4. The molecule has 0 atom stereocenters. The summed E-state index contributed by atoms with van der Waals surface area (Å²) in [4.78, 5) is 13.7. The van der Waals surface area contributed by atoms with Crippen LogP contribution in [0.1, 0.15) is 45.3 Å². The lowest BCUT2D eigenvalue weighted by atomic mass is 9.80. The summed E-state index contributed by atoms with van der Waals surface area (Å²) in [7, 11) is 1.70. The van der Waals surface area contributed by atoms with Crippen LogP contribution in [0.3, 0.4) is 0 Å². The number of carbonyl (C=O) groups is 1. The van der Waals surface area contributed by atoms with E-state index in [9.17, 15) is 4.79 Å². The van der Waals surface area contributed by atoms with Gasteiger partial charge in [-0.3, -0.25) is 9.69 Å². The van der Waals surface area contributed by atoms with Crippen molar-refractivity contribution in [2.24, 2.45) is 0 Å². The summed E-state index contributed by atoms with van der Waals surface area (Å²) in [6.07, 6.45) is 2.17. The molecular weight excluding hydrogens is 248 g/mol. The number of hydrogen-bond acceptors (Lipinski definition) is 2. The first-order valence-corrected chi connectivity index (χ1v) is 7.51. The lowest BCUT2D eigenvalue weighted by Crippen LogP contribution is -2.38. The van der Waals surface area contributed by atoms with Crippen LogP contribution in [-0.4, -0.2) is 30.9 Å². The Hall–Kier alpha value is -1.35. The SMILES string of the molecule is CCC(C)(C)c1ccc2c(c1)CN(CC(=O)NC)CC2.[HH]. The van der Waals surface area contributed by atoms with Crippen molar-refractivity contribution in [2.45, 2.75) is 45.6 Å². The quantitative estimate of drug-likeness (QED) is 0.917. The molecule has 0 bridgehead atoms. The summed E-state index contributed by atoms with van der Waals surface area (Å²) in [6, 6.07) is 6.89. The Morgan fingerprint density at radius 2 is 2.15 bits per heavy atom. The van der Waals surface area contributed by atoms with Crippen LogP contribution in [0.4, 0.5) is 0 Å². The molecule has 0 saturated heterocycles. The van der Waals surface area contributed by atoms with E-state index in [0.29, 0.717) is 6.54 Å². The Labute approximate surface area is 123 Å². The van der Waals surface area contributed by atoms with Gasteiger partial charge < -0.3 is 5.32 Å². The summed E-state index contributed by atoms with van der Waals surface area (Å²) in [6.45, 7) is 9.17. The second-order valence-corrected chi connectivity index (χ2v) is 6.35. The summed E-state index contributed by atoms with van der Waals surface area (Å²) >= 11 is 0. The van der Waals surface area contributed by atoms with Crippen molar-refractivity contribution in [1.29, 1.82) is 0 Å². The van der Waals surface area contributed by atoms with Gasteiger partial charge in [-0.25, -0.2) is 0 Å². The molecule has 1 aliphatic heterocycles. The standard InChI is InChI=1S/C17H26N2O.H2/c1-5-17(2,3)15-7-6-13-8-9-19(11-14(13)10-15)12-16(20)18-4;/h6-7,10H,5,8-9,11-12H2,1-4H3,(H,18,20);1H. The van der Waals surface area contributed by atoms with Gasteiger partial charge in [-0.1, -0.05) is 39.0 Å². The lowest BCUT2D eigenvalue weighted by Gasteiger charge is -2.30. The van der Waals surface area contributed by atoms with Crippen LogP contribution in [-0.2, 0) is 23.2 Å². The highest BCUT2D eigenvalue weighted by Gasteiger charge is 2.22. The first-order chi connectivity index (χ1) is 9.46. The number of likely N-dealkylation sites (N-methyl/N-ethyl adjacent to an activating group) is 1. The predicted molar refractivity (Wildman–Crippen MR) is 84.9 cm³/mol. The molecule has 0 aliphatic carbocycles. The van der Waals surface area contributed by atoms with Crippen LogP contribution in [0, 0.1) is 0 Å². The molecular formula is C17H28N2O. The van der Waals surface area contributed by atoms with Gasteiger partial charge in [0.15, 0.2) is 0 Å². The van der Waals surface area contributed by atoms with E-state index < -0.39 is 0 Å². The number of carbonyl (C=O) groups excluding carboxylic acids is 1. The molecule has 0 aromatic heterocycles. The van der Waals surface area contributed by atoms with Crippen molar-refractivity contribution in [3.63, 3.8) is 0 Å². The molecule has 2 rings (SSSR count). The number of fused-ring (bicyclic) bond motifs is 1. The summed E-state index contributed by atoms with van der Waals surface area (Å²) in [5.74, 6) is 0.0958. The van der Waals surface area contributed by atoms with Crippen LogP contribution >= 0.6 is 0 Å². The minimum absolute atomic E-state index is 0. The smallest absolute Gasteiger partial charge is 0.233 e. The van der Waals surface area contributed by atoms with Crippen molar-refractivity contribution in [1.82, 2.24) is 10.2 Å². The predicted octanol–water partition coefficient (Wildman–Crippen LogP) is 2.72. The Balaban J connectivity index is 0.00000220. The minimum Gasteiger partial charge on any atom is -0.358 e. The van der Waals surface area contributed by atoms with Crippen molar-refractivity contribution in [2.75, 3.05) is 20.1 Å². The van der Waals surface area contributed by atoms with E-state index in [1.807, 2.05) is 0 Å². The highest BCUT2D eigenvalue weighted by Crippen LogP contribution is 2.30. The van der Waals surface area contributed by atoms with Crippen LogP contribution in [0.15, 0.2) is 18.2 Å². The van der Waals surface area contributed by atoms with Gasteiger partial charge >= 0.3 is 0 Å². The van der Waals surface area contributed by atoms with E-state index in [0.717, 1.165) is 25.9 Å². The third-order valence-corrected chi connectivity index (χ3v) is 4.61. The van der Waals surface area contributed by atoms with Crippen LogP contribution in [0.2, 0.25) is 0 Å². The van der Waals surface area contributed by atoms with Crippen molar-refractivity contribution in [3.8, 4) is 0 Å². The highest BCUT2D eigenvalue weighted by atomic mass is 16.1. The molecule has 0 spiro atoms. The fourth-order valence-electron chi connectivity index (χ4n) is 2.66. The molecule has 1 aromatic rings. The van der Waals surface area contributed by atoms with Gasteiger partial charge in [0, 0.05) is 21.6 Å². The fourth-order valence-corrected chi connectivity index (χ4v) is 2.66. The second kappa shape index (κ2) is 5.96. The van der Waals surface area contributed by atoms with Gasteiger partial charge in [0.2, 0.25) is 5.91 Å². The average Bonchev–Trinajstić information content (AvgIpc) is 2.46. The van der Waals surface area contributed by atoms with Crippen LogP contribution in [0.5, 0.6) is 0 Å². The van der Waals surface area contributed by atoms with Crippen molar-refractivity contribution >= 4 is 5.91 Å². The van der Waals surface area contributed by atoms with Crippen LogP contribution in [0.25, 0.3) is 0 Å². The van der Waals surface area contributed by atoms with E-state index in [1.54, 1.807) is 7.05 Å². The molecule has 1 aliphatic rings. The Bertz CT molecular complexity index is 500. The number of nitrogens with one attached hydrogen (secondary N) is 1. The largest absolute Gasteiger partial charge is 0.358 e. The van der Waals surface area contributed by atoms with E-state index in [2.05, 4.69) is 49.2 Å². The molecule has 0 radical (unpaired) electrons. The Morgan fingerprint density at radius 1 is 1.40 bits per heavy atom. The first-order valence-electron chi connectivity index (χ1n) is 7.51. The molecule has 0 unspecified atom stereocenters. The number of hydrogen-bond donors (Lipinski definition) is 1. The van der Waals surface area contributed by atoms with E-state index >= 15 is 0 Å². The molecule has 1 heterocycles. The molecule has 0 fully saturated rings. The van der Waals surface area contributed by atoms with Gasteiger partial charge in [0.25, 0.3) is 0 Å². The van der Waals surface area contributed by atoms with Crippen molar-refractivity contribution in [3.05, 3.63) is 34.9 Å². The highest BCUT2D eigenvalue weighted by molar-refractivity contribution is 5.77. The van der Waals surface area contributed by atoms with Gasteiger partial charge in [0.1, 0.15) is 0 Å². The van der Waals surface area contributed by atoms with Crippen molar-refractivity contribution < 1.29 is 6.22 Å². The summed E-state index contributed by atoms with van der Waals surface area (Å²) in [5.41, 5.74) is 4.45. The molecule has 112 valence electrons. The van der Waals surface area contributed by atoms with Gasteiger partial charge in [-0.15, -0.1) is 0 Å². The van der Waals surface area contributed by atoms with E-state index in [1.165, 1.54) is 16.7 Å². The molecule has 3 heteroatoms. The molecule has 1 amide bonds. The first kappa shape index (κ1) is 15.0. The topological polar surface area (TPSA) is 32.3 Å². The maximum absolute atomic E-state index is 11.5. The molecule has 1 N–H and O–H groups in total. The van der Waals surface area contributed by atoms with E-state index in [-0.39, 0.29) is 12.7 Å². The fraction of sp³-hybridized carbons (Fsp3) is 0.588. The zero-order valence-electron chi connectivity index (χ0n) is 13.1. The second-order valence-electron chi connectivity index (χ2n) is 6.35. The zero-order chi connectivity index (χ0) is 14.8. The monoisotopic (exact) mass is 276 g/mol. The Morgan fingerprint density at radius 3 is 2.80 bits per heavy atom. The number of benzene rings is 1. The third-order valence-electron chi connectivity index (χ3n) is 4.61. The molecule has 1 aromatic carbocycles. The molecule has 20 heavy (non-hydrogen) atoms. The van der Waals surface area contributed by atoms with Gasteiger partial charge in [-0.05, 0) is 34.9 Å². The summed E-state index contributed by atoms with van der Waals surface area (Å²) in [5, 5.41) is 2.70. The Kier molecular flexibility index (Phi) is 4.48. The van der Waals surface area contributed by atoms with Gasteiger partial charge in [-0.2, -0.15) is 0 Å². The van der Waals surface area contributed by atoms with Gasteiger partial charge in [0.05, 0.1) is 6.54 Å². The molecule has 3 nitrogen and oxygen atoms in total. The normalized spacial score (nSPS) is 15.8. The average molecular weight is 276 g/mol. The maximum atomic E-state index is 11.5. The van der Waals surface area contributed by atoms with Crippen LogP contribution < -0.4 is 5.32 Å². The maximum Gasteiger partial charge on any atom is 0.233 e. The zero-order valence-corrected chi connectivity index (χ0v) is 13.1. The third kappa shape index (κ3) is 3.21. The summed E-state index contributed by atoms with van der Waals surface area (Å²) < 4.78 is 0. The number of amides is 1. The lowest BCUT2D eigenvalue weighted by molar-refractivity contribution is -0.121. The number of nitrogens with zero attached hydrogens (tertiary/aromatic N) is 1. The minimum atomic E-state index is 0. The molecule has 0 saturated carbocycles.